The summed E-state index contributed by atoms with van der Waals surface area (Å²) in [5.41, 5.74) is 2.81. The molecule has 4 rings (SSSR count). The summed E-state index contributed by atoms with van der Waals surface area (Å²) in [4.78, 5) is 17.0. The zero-order valence-corrected chi connectivity index (χ0v) is 18.9. The number of amides is 1. The summed E-state index contributed by atoms with van der Waals surface area (Å²) in [5, 5.41) is 3.78. The molecule has 0 saturated carbocycles. The van der Waals surface area contributed by atoms with E-state index in [1.165, 1.54) is 11.6 Å². The Morgan fingerprint density at radius 2 is 1.87 bits per heavy atom. The average Bonchev–Trinajstić information content (AvgIpc) is 2.75. The highest BCUT2D eigenvalue weighted by Crippen LogP contribution is 2.28. The minimum Gasteiger partial charge on any atom is -0.368 e. The number of hydrogen-bond acceptors (Lipinski definition) is 5. The molecule has 31 heavy (non-hydrogen) atoms. The average molecular weight is 461 g/mol. The lowest BCUT2D eigenvalue weighted by Gasteiger charge is -2.37. The second-order valence-electron chi connectivity index (χ2n) is 7.79. The van der Waals surface area contributed by atoms with Gasteiger partial charge in [-0.2, -0.15) is 8.42 Å². The minimum absolute atomic E-state index is 0.0853. The fourth-order valence-electron chi connectivity index (χ4n) is 3.96. The molecule has 2 aromatic carbocycles. The van der Waals surface area contributed by atoms with Gasteiger partial charge in [-0.1, -0.05) is 29.8 Å². The number of sulfonamides is 1. The van der Waals surface area contributed by atoms with E-state index in [1.54, 1.807) is 18.2 Å². The standard InChI is InChI=1S/C22H25ClN4O3S/c1-16-9-10-17(23)15-19(16)26-11-13-27(14-12-26)22(28)8-4-7-21-24-18-5-2-3-6-20(18)31(29,30)25-21/h2-3,5-6,9-10,15H,4,7-8,11-14H2,1H3,(H,24,25). The van der Waals surface area contributed by atoms with E-state index in [2.05, 4.69) is 21.5 Å². The van der Waals surface area contributed by atoms with Crippen LogP contribution in [0.3, 0.4) is 0 Å². The van der Waals surface area contributed by atoms with Gasteiger partial charge in [0.05, 0.1) is 5.69 Å². The number of nitrogens with zero attached hydrogens (tertiary/aromatic N) is 3. The maximum Gasteiger partial charge on any atom is 0.286 e. The Labute approximate surface area is 187 Å². The molecule has 1 saturated heterocycles. The Kier molecular flexibility index (Phi) is 6.20. The molecular formula is C22H25ClN4O3S. The van der Waals surface area contributed by atoms with Crippen LogP contribution in [0.15, 0.2) is 51.8 Å². The van der Waals surface area contributed by atoms with Crippen LogP contribution >= 0.6 is 11.6 Å². The van der Waals surface area contributed by atoms with Gasteiger partial charge in [0.1, 0.15) is 10.7 Å². The van der Waals surface area contributed by atoms with Crippen molar-refractivity contribution in [2.75, 3.05) is 36.4 Å². The van der Waals surface area contributed by atoms with Crippen LogP contribution in [0.5, 0.6) is 0 Å². The van der Waals surface area contributed by atoms with Gasteiger partial charge in [0.25, 0.3) is 10.0 Å². The van der Waals surface area contributed by atoms with Gasteiger partial charge >= 0.3 is 0 Å². The van der Waals surface area contributed by atoms with Crippen LogP contribution < -0.4 is 10.2 Å². The van der Waals surface area contributed by atoms with Crippen molar-refractivity contribution in [1.82, 2.24) is 4.90 Å². The first-order valence-corrected chi connectivity index (χ1v) is 12.1. The first-order valence-electron chi connectivity index (χ1n) is 10.3. The van der Waals surface area contributed by atoms with Gasteiger partial charge in [-0.3, -0.25) is 4.79 Å². The largest absolute Gasteiger partial charge is 0.368 e. The number of aryl methyl sites for hydroxylation is 1. The molecular weight excluding hydrogens is 436 g/mol. The summed E-state index contributed by atoms with van der Waals surface area (Å²) < 4.78 is 28.5. The Balaban J connectivity index is 1.28. The highest BCUT2D eigenvalue weighted by molar-refractivity contribution is 7.90. The number of hydrogen-bond donors (Lipinski definition) is 1. The Bertz CT molecular complexity index is 1130. The molecule has 2 heterocycles. The Morgan fingerprint density at radius 1 is 1.13 bits per heavy atom. The van der Waals surface area contributed by atoms with Gasteiger partial charge in [0.15, 0.2) is 0 Å². The van der Waals surface area contributed by atoms with E-state index >= 15 is 0 Å². The number of piperazine rings is 1. The summed E-state index contributed by atoms with van der Waals surface area (Å²) in [5.74, 6) is 0.467. The first-order chi connectivity index (χ1) is 14.8. The van der Waals surface area contributed by atoms with Crippen molar-refractivity contribution in [2.45, 2.75) is 31.1 Å². The molecule has 0 aromatic heterocycles. The molecule has 1 amide bonds. The van der Waals surface area contributed by atoms with Crippen molar-refractivity contribution in [3.8, 4) is 0 Å². The predicted octanol–water partition coefficient (Wildman–Crippen LogP) is 3.68. The van der Waals surface area contributed by atoms with E-state index < -0.39 is 10.0 Å². The summed E-state index contributed by atoms with van der Waals surface area (Å²) in [6.07, 6.45) is 1.30. The summed E-state index contributed by atoms with van der Waals surface area (Å²) in [6.45, 7) is 4.90. The van der Waals surface area contributed by atoms with Gasteiger partial charge < -0.3 is 15.1 Å². The third-order valence-corrected chi connectivity index (χ3v) is 7.23. The normalized spacial score (nSPS) is 17.5. The van der Waals surface area contributed by atoms with Crippen LogP contribution in [0.4, 0.5) is 11.4 Å². The number of amidine groups is 1. The number of nitrogens with one attached hydrogen (secondary N) is 1. The third kappa shape index (κ3) is 4.85. The van der Waals surface area contributed by atoms with Crippen molar-refractivity contribution in [1.29, 1.82) is 0 Å². The monoisotopic (exact) mass is 460 g/mol. The number of halogens is 1. The van der Waals surface area contributed by atoms with Gasteiger partial charge in [0.2, 0.25) is 5.91 Å². The topological polar surface area (TPSA) is 82.1 Å². The van der Waals surface area contributed by atoms with Crippen LogP contribution in [0.2, 0.25) is 5.02 Å². The molecule has 0 bridgehead atoms. The number of benzene rings is 2. The molecule has 0 aliphatic carbocycles. The number of fused-ring (bicyclic) bond motifs is 1. The number of anilines is 2. The van der Waals surface area contributed by atoms with Crippen molar-refractivity contribution in [2.24, 2.45) is 4.40 Å². The highest BCUT2D eigenvalue weighted by atomic mass is 35.5. The maximum absolute atomic E-state index is 12.6. The van der Waals surface area contributed by atoms with Crippen molar-refractivity contribution in [3.63, 3.8) is 0 Å². The zero-order chi connectivity index (χ0) is 22.0. The molecule has 0 atom stereocenters. The fraction of sp³-hybridized carbons (Fsp3) is 0.364. The van der Waals surface area contributed by atoms with E-state index in [1.807, 2.05) is 23.1 Å². The Morgan fingerprint density at radius 3 is 2.65 bits per heavy atom. The van der Waals surface area contributed by atoms with Gasteiger partial charge in [0, 0.05) is 49.7 Å². The maximum atomic E-state index is 12.6. The second-order valence-corrected chi connectivity index (χ2v) is 9.80. The lowest BCUT2D eigenvalue weighted by atomic mass is 10.1. The van der Waals surface area contributed by atoms with Crippen molar-refractivity contribution < 1.29 is 13.2 Å². The second kappa shape index (κ2) is 8.88. The van der Waals surface area contributed by atoms with Crippen LogP contribution in [-0.2, 0) is 14.8 Å². The lowest BCUT2D eigenvalue weighted by Crippen LogP contribution is -2.49. The summed E-state index contributed by atoms with van der Waals surface area (Å²) in [7, 11) is -3.69. The number of para-hydroxylation sites is 1. The molecule has 0 unspecified atom stereocenters. The molecule has 0 radical (unpaired) electrons. The number of rotatable bonds is 5. The van der Waals surface area contributed by atoms with Crippen LogP contribution in [0.1, 0.15) is 24.8 Å². The van der Waals surface area contributed by atoms with E-state index in [9.17, 15) is 13.2 Å². The summed E-state index contributed by atoms with van der Waals surface area (Å²) >= 11 is 6.14. The smallest absolute Gasteiger partial charge is 0.286 e. The van der Waals surface area contributed by atoms with Crippen molar-refractivity contribution >= 4 is 44.7 Å². The molecule has 7 nitrogen and oxygen atoms in total. The first kappa shape index (κ1) is 21.6. The fourth-order valence-corrected chi connectivity index (χ4v) is 5.30. The van der Waals surface area contributed by atoms with Crippen LogP contribution in [0, 0.1) is 6.92 Å². The van der Waals surface area contributed by atoms with Crippen molar-refractivity contribution in [3.05, 3.63) is 53.1 Å². The lowest BCUT2D eigenvalue weighted by molar-refractivity contribution is -0.131. The quantitative estimate of drug-likeness (QED) is 0.736. The van der Waals surface area contributed by atoms with Gasteiger partial charge in [-0.15, -0.1) is 4.40 Å². The molecule has 164 valence electrons. The van der Waals surface area contributed by atoms with Crippen LogP contribution in [0.25, 0.3) is 0 Å². The molecule has 1 N–H and O–H groups in total. The molecule has 0 spiro atoms. The van der Waals surface area contributed by atoms with E-state index in [0.717, 1.165) is 18.8 Å². The van der Waals surface area contributed by atoms with E-state index in [-0.39, 0.29) is 10.8 Å². The SMILES string of the molecule is Cc1ccc(Cl)cc1N1CCN(C(=O)CCCC2=NS(=O)(=O)c3ccccc3N2)CC1. The third-order valence-electron chi connectivity index (χ3n) is 5.62. The molecule has 1 fully saturated rings. The van der Waals surface area contributed by atoms with Crippen LogP contribution in [-0.4, -0.2) is 51.2 Å². The summed E-state index contributed by atoms with van der Waals surface area (Å²) in [6, 6.07) is 12.6. The van der Waals surface area contributed by atoms with Gasteiger partial charge in [-0.25, -0.2) is 0 Å². The minimum atomic E-state index is -3.69. The number of carbonyl (C=O) groups excluding carboxylic acids is 1. The predicted molar refractivity (Wildman–Crippen MR) is 124 cm³/mol. The molecule has 9 heteroatoms. The Hall–Kier alpha value is -2.58. The van der Waals surface area contributed by atoms with Gasteiger partial charge in [-0.05, 0) is 43.2 Å². The van der Waals surface area contributed by atoms with E-state index in [0.29, 0.717) is 48.9 Å². The molecule has 2 aliphatic heterocycles. The number of carbonyl (C=O) groups is 1. The highest BCUT2D eigenvalue weighted by Gasteiger charge is 2.25. The molecule has 2 aromatic rings. The zero-order valence-electron chi connectivity index (χ0n) is 17.3. The van der Waals surface area contributed by atoms with E-state index in [4.69, 9.17) is 11.6 Å². The molecule has 2 aliphatic rings.